The maximum Gasteiger partial charge on any atom is 0.0401 e. The van der Waals surface area contributed by atoms with Crippen molar-refractivity contribution in [3.63, 3.8) is 0 Å². The Morgan fingerprint density at radius 2 is 2.25 bits per heavy atom. The monoisotopic (exact) mass is 232 g/mol. The molecule has 0 aliphatic heterocycles. The van der Waals surface area contributed by atoms with Gasteiger partial charge in [0.25, 0.3) is 0 Å². The molecule has 0 amide bonds. The number of nitrogens with zero attached hydrogens (tertiary/aromatic N) is 2. The van der Waals surface area contributed by atoms with Crippen LogP contribution in [-0.2, 0) is 0 Å². The predicted molar refractivity (Wildman–Crippen MR) is 72.3 cm³/mol. The van der Waals surface area contributed by atoms with Crippen LogP contribution in [0.5, 0.6) is 0 Å². The van der Waals surface area contributed by atoms with E-state index in [4.69, 9.17) is 0 Å². The van der Waals surface area contributed by atoms with Gasteiger partial charge in [0, 0.05) is 35.3 Å². The Morgan fingerprint density at radius 3 is 3.00 bits per heavy atom. The quantitative estimate of drug-likeness (QED) is 0.468. The summed E-state index contributed by atoms with van der Waals surface area (Å²) >= 11 is 4.20. The average Bonchev–Trinajstić information content (AvgIpc) is 2.28. The SMILES string of the molecule is CCC\C=C/C=C\N=C\c1cncc(S)c1. The number of aromatic nitrogens is 1. The molecule has 1 rings (SSSR count). The first kappa shape index (κ1) is 12.7. The van der Waals surface area contributed by atoms with E-state index in [2.05, 4.69) is 35.6 Å². The van der Waals surface area contributed by atoms with E-state index in [-0.39, 0.29) is 0 Å². The van der Waals surface area contributed by atoms with Gasteiger partial charge in [0.05, 0.1) is 0 Å². The lowest BCUT2D eigenvalue weighted by Gasteiger charge is -1.91. The molecule has 0 bridgehead atoms. The summed E-state index contributed by atoms with van der Waals surface area (Å²) in [7, 11) is 0. The number of hydrogen-bond donors (Lipinski definition) is 1. The van der Waals surface area contributed by atoms with Gasteiger partial charge in [-0.05, 0) is 18.6 Å². The normalized spacial score (nSPS) is 12.1. The van der Waals surface area contributed by atoms with Gasteiger partial charge in [-0.3, -0.25) is 9.98 Å². The largest absolute Gasteiger partial charge is 0.264 e. The van der Waals surface area contributed by atoms with Crippen molar-refractivity contribution < 1.29 is 0 Å². The van der Waals surface area contributed by atoms with Crippen LogP contribution in [0.1, 0.15) is 25.3 Å². The Kier molecular flexibility index (Phi) is 6.26. The second-order valence-electron chi connectivity index (χ2n) is 3.31. The van der Waals surface area contributed by atoms with E-state index in [9.17, 15) is 0 Å². The topological polar surface area (TPSA) is 25.2 Å². The Labute approximate surface area is 102 Å². The predicted octanol–water partition coefficient (Wildman–Crippen LogP) is 3.66. The number of thiol groups is 1. The van der Waals surface area contributed by atoms with Crippen LogP contribution in [0.3, 0.4) is 0 Å². The third-order valence-corrected chi connectivity index (χ3v) is 2.09. The van der Waals surface area contributed by atoms with Crippen molar-refractivity contribution in [1.82, 2.24) is 4.98 Å². The molecule has 0 aliphatic carbocycles. The summed E-state index contributed by atoms with van der Waals surface area (Å²) in [6, 6.07) is 1.92. The zero-order valence-corrected chi connectivity index (χ0v) is 10.3. The molecule has 0 saturated heterocycles. The molecule has 84 valence electrons. The molecule has 16 heavy (non-hydrogen) atoms. The lowest BCUT2D eigenvalue weighted by molar-refractivity contribution is 0.959. The number of pyridine rings is 1. The van der Waals surface area contributed by atoms with E-state index in [0.717, 1.165) is 16.9 Å². The molecule has 0 unspecified atom stereocenters. The molecule has 2 nitrogen and oxygen atoms in total. The summed E-state index contributed by atoms with van der Waals surface area (Å²) in [4.78, 5) is 9.01. The Bertz CT molecular complexity index is 395. The lowest BCUT2D eigenvalue weighted by atomic mass is 10.3. The van der Waals surface area contributed by atoms with Gasteiger partial charge in [0.1, 0.15) is 0 Å². The minimum absolute atomic E-state index is 0.843. The number of aliphatic imine (C=N–C) groups is 1. The highest BCUT2D eigenvalue weighted by molar-refractivity contribution is 7.80. The van der Waals surface area contributed by atoms with Gasteiger partial charge in [-0.25, -0.2) is 0 Å². The maximum atomic E-state index is 4.20. The fourth-order valence-electron chi connectivity index (χ4n) is 1.09. The smallest absolute Gasteiger partial charge is 0.0401 e. The van der Waals surface area contributed by atoms with Gasteiger partial charge in [0.15, 0.2) is 0 Å². The molecular weight excluding hydrogens is 216 g/mol. The Morgan fingerprint density at radius 1 is 1.38 bits per heavy atom. The number of hydrogen-bond acceptors (Lipinski definition) is 3. The standard InChI is InChI=1S/C13H16N2S/c1-2-3-4-5-6-7-14-9-12-8-13(16)11-15-10-12/h4-11,16H,2-3H2,1H3/b5-4-,7-6-,14-9+. The van der Waals surface area contributed by atoms with Crippen molar-refractivity contribution >= 4 is 18.8 Å². The van der Waals surface area contributed by atoms with Crippen LogP contribution >= 0.6 is 12.6 Å². The highest BCUT2D eigenvalue weighted by atomic mass is 32.1. The first-order chi connectivity index (χ1) is 7.83. The second kappa shape index (κ2) is 7.88. The van der Waals surface area contributed by atoms with E-state index in [1.54, 1.807) is 24.8 Å². The van der Waals surface area contributed by atoms with E-state index in [1.807, 2.05) is 18.2 Å². The third kappa shape index (κ3) is 5.51. The molecule has 0 radical (unpaired) electrons. The Hall–Kier alpha value is -1.35. The maximum absolute atomic E-state index is 4.20. The van der Waals surface area contributed by atoms with Crippen molar-refractivity contribution in [3.05, 3.63) is 48.5 Å². The van der Waals surface area contributed by atoms with Crippen LogP contribution in [0.2, 0.25) is 0 Å². The minimum atomic E-state index is 0.843. The molecule has 0 spiro atoms. The van der Waals surface area contributed by atoms with Crippen molar-refractivity contribution in [3.8, 4) is 0 Å². The summed E-state index contributed by atoms with van der Waals surface area (Å²) in [5.74, 6) is 0. The van der Waals surface area contributed by atoms with Crippen LogP contribution in [0, 0.1) is 0 Å². The molecule has 0 atom stereocenters. The highest BCUT2D eigenvalue weighted by Crippen LogP contribution is 2.04. The number of unbranched alkanes of at least 4 members (excludes halogenated alkanes) is 1. The van der Waals surface area contributed by atoms with Gasteiger partial charge in [0.2, 0.25) is 0 Å². The summed E-state index contributed by atoms with van der Waals surface area (Å²) in [5.41, 5.74) is 0.953. The van der Waals surface area contributed by atoms with Gasteiger partial charge in [-0.2, -0.15) is 0 Å². The minimum Gasteiger partial charge on any atom is -0.264 e. The van der Waals surface area contributed by atoms with Crippen LogP contribution in [-0.4, -0.2) is 11.2 Å². The van der Waals surface area contributed by atoms with Crippen molar-refractivity contribution in [2.24, 2.45) is 4.99 Å². The summed E-state index contributed by atoms with van der Waals surface area (Å²) < 4.78 is 0. The summed E-state index contributed by atoms with van der Waals surface area (Å²) in [6.45, 7) is 2.16. The lowest BCUT2D eigenvalue weighted by Crippen LogP contribution is -1.82. The third-order valence-electron chi connectivity index (χ3n) is 1.84. The van der Waals surface area contributed by atoms with Gasteiger partial charge in [-0.1, -0.05) is 25.5 Å². The molecular formula is C13H16N2S. The van der Waals surface area contributed by atoms with Crippen LogP contribution in [0.4, 0.5) is 0 Å². The fourth-order valence-corrected chi connectivity index (χ4v) is 1.30. The van der Waals surface area contributed by atoms with E-state index in [0.29, 0.717) is 0 Å². The van der Waals surface area contributed by atoms with Crippen LogP contribution in [0.15, 0.2) is 52.8 Å². The Balaban J connectivity index is 2.42. The molecule has 1 heterocycles. The number of rotatable bonds is 5. The molecule has 0 saturated carbocycles. The molecule has 0 aliphatic rings. The molecule has 0 N–H and O–H groups in total. The fraction of sp³-hybridized carbons (Fsp3) is 0.231. The zero-order chi connectivity index (χ0) is 11.6. The van der Waals surface area contributed by atoms with E-state index >= 15 is 0 Å². The highest BCUT2D eigenvalue weighted by Gasteiger charge is 1.87. The van der Waals surface area contributed by atoms with Gasteiger partial charge < -0.3 is 0 Å². The molecule has 0 fully saturated rings. The van der Waals surface area contributed by atoms with Crippen LogP contribution < -0.4 is 0 Å². The molecule has 3 heteroatoms. The summed E-state index contributed by atoms with van der Waals surface area (Å²) in [6.07, 6.45) is 15.3. The van der Waals surface area contributed by atoms with E-state index in [1.165, 1.54) is 6.42 Å². The van der Waals surface area contributed by atoms with Gasteiger partial charge in [-0.15, -0.1) is 12.6 Å². The first-order valence-electron chi connectivity index (χ1n) is 5.32. The van der Waals surface area contributed by atoms with Crippen molar-refractivity contribution in [2.45, 2.75) is 24.7 Å². The number of allylic oxidation sites excluding steroid dienone is 3. The second-order valence-corrected chi connectivity index (χ2v) is 3.83. The zero-order valence-electron chi connectivity index (χ0n) is 9.37. The molecule has 0 aromatic carbocycles. The van der Waals surface area contributed by atoms with E-state index < -0.39 is 0 Å². The van der Waals surface area contributed by atoms with Crippen LogP contribution in [0.25, 0.3) is 0 Å². The first-order valence-corrected chi connectivity index (χ1v) is 5.76. The van der Waals surface area contributed by atoms with Crippen molar-refractivity contribution in [2.75, 3.05) is 0 Å². The molecule has 1 aromatic rings. The van der Waals surface area contributed by atoms with Gasteiger partial charge >= 0.3 is 0 Å². The molecule has 1 aromatic heterocycles. The van der Waals surface area contributed by atoms with Crippen molar-refractivity contribution in [1.29, 1.82) is 0 Å². The summed E-state index contributed by atoms with van der Waals surface area (Å²) in [5, 5.41) is 0. The average molecular weight is 232 g/mol.